The Morgan fingerprint density at radius 2 is 1.65 bits per heavy atom. The summed E-state index contributed by atoms with van der Waals surface area (Å²) in [5.41, 5.74) is 2.82. The third-order valence-electron chi connectivity index (χ3n) is 4.83. The van der Waals surface area contributed by atoms with Crippen molar-refractivity contribution in [1.82, 2.24) is 9.97 Å². The summed E-state index contributed by atoms with van der Waals surface area (Å²) < 4.78 is 44.2. The second-order valence-corrected chi connectivity index (χ2v) is 7.14. The molecule has 2 heterocycles. The Morgan fingerprint density at radius 3 is 2.39 bits per heavy atom. The highest BCUT2D eigenvalue weighted by atomic mass is 19.4. The maximum absolute atomic E-state index is 12.8. The van der Waals surface area contributed by atoms with Crippen LogP contribution in [0.5, 0.6) is 11.5 Å². The topological polar surface area (TPSA) is 59.7 Å². The third kappa shape index (κ3) is 5.53. The lowest BCUT2D eigenvalue weighted by Crippen LogP contribution is -2.06. The van der Waals surface area contributed by atoms with Gasteiger partial charge in [0.15, 0.2) is 5.75 Å². The molecule has 1 aliphatic heterocycles. The molecule has 31 heavy (non-hydrogen) atoms. The van der Waals surface area contributed by atoms with E-state index in [1.165, 1.54) is 18.5 Å². The van der Waals surface area contributed by atoms with E-state index in [1.54, 1.807) is 18.5 Å². The standard InChI is InChI=1S/C23H19F3N4O/c24-23(25,26)18-5-1-3-16(11-18)4-2-6-19-12-22(30-29-19)17-7-9-20(10-8-17)31-21-13-27-15-28-14-21/h1,3,5,7-11,13-15H,2,4,6,12H2. The van der Waals surface area contributed by atoms with Crippen molar-refractivity contribution in [2.24, 2.45) is 10.2 Å². The van der Waals surface area contributed by atoms with Gasteiger partial charge >= 0.3 is 6.18 Å². The fraction of sp³-hybridized carbons (Fsp3) is 0.217. The van der Waals surface area contributed by atoms with Gasteiger partial charge in [0.05, 0.1) is 23.7 Å². The van der Waals surface area contributed by atoms with Crippen molar-refractivity contribution in [3.8, 4) is 11.5 Å². The summed E-state index contributed by atoms with van der Waals surface area (Å²) in [5, 5.41) is 8.52. The van der Waals surface area contributed by atoms with Gasteiger partial charge < -0.3 is 4.74 Å². The van der Waals surface area contributed by atoms with E-state index in [-0.39, 0.29) is 0 Å². The second-order valence-electron chi connectivity index (χ2n) is 7.14. The van der Waals surface area contributed by atoms with Crippen molar-refractivity contribution in [3.05, 3.63) is 83.9 Å². The minimum Gasteiger partial charge on any atom is -0.454 e. The fourth-order valence-corrected chi connectivity index (χ4v) is 3.28. The number of nitrogens with zero attached hydrogens (tertiary/aromatic N) is 4. The Hall–Kier alpha value is -3.55. The second kappa shape index (κ2) is 9.07. The monoisotopic (exact) mass is 424 g/mol. The van der Waals surface area contributed by atoms with E-state index in [4.69, 9.17) is 4.74 Å². The number of halogens is 3. The maximum Gasteiger partial charge on any atom is 0.416 e. The van der Waals surface area contributed by atoms with Crippen molar-refractivity contribution < 1.29 is 17.9 Å². The zero-order valence-corrected chi connectivity index (χ0v) is 16.5. The third-order valence-corrected chi connectivity index (χ3v) is 4.83. The average Bonchev–Trinajstić information content (AvgIpc) is 3.24. The molecule has 1 aliphatic rings. The molecule has 0 fully saturated rings. The number of hydrogen-bond donors (Lipinski definition) is 0. The highest BCUT2D eigenvalue weighted by Gasteiger charge is 2.30. The van der Waals surface area contributed by atoms with E-state index < -0.39 is 11.7 Å². The Balaban J connectivity index is 1.26. The molecule has 5 nitrogen and oxygen atoms in total. The first-order valence-electron chi connectivity index (χ1n) is 9.79. The first-order valence-corrected chi connectivity index (χ1v) is 9.79. The van der Waals surface area contributed by atoms with Gasteiger partial charge in [0.1, 0.15) is 12.1 Å². The van der Waals surface area contributed by atoms with Gasteiger partial charge in [-0.1, -0.05) is 18.2 Å². The number of hydrogen-bond acceptors (Lipinski definition) is 5. The predicted octanol–water partition coefficient (Wildman–Crippen LogP) is 5.86. The van der Waals surface area contributed by atoms with Gasteiger partial charge in [-0.2, -0.15) is 23.4 Å². The number of ether oxygens (including phenoxy) is 1. The smallest absolute Gasteiger partial charge is 0.416 e. The van der Waals surface area contributed by atoms with E-state index in [0.717, 1.165) is 29.5 Å². The first kappa shape index (κ1) is 20.7. The fourth-order valence-electron chi connectivity index (χ4n) is 3.28. The molecule has 0 radical (unpaired) electrons. The molecule has 4 rings (SSSR count). The van der Waals surface area contributed by atoms with Crippen molar-refractivity contribution in [3.63, 3.8) is 0 Å². The molecule has 0 unspecified atom stereocenters. The summed E-state index contributed by atoms with van der Waals surface area (Å²) in [7, 11) is 0. The molecule has 8 heteroatoms. The quantitative estimate of drug-likeness (QED) is 0.477. The number of aromatic nitrogens is 2. The van der Waals surface area contributed by atoms with E-state index in [2.05, 4.69) is 20.2 Å². The molecule has 1 aromatic heterocycles. The van der Waals surface area contributed by atoms with Crippen LogP contribution >= 0.6 is 0 Å². The Morgan fingerprint density at radius 1 is 0.871 bits per heavy atom. The highest BCUT2D eigenvalue weighted by Crippen LogP contribution is 2.30. The summed E-state index contributed by atoms with van der Waals surface area (Å²) in [6.07, 6.45) is 2.90. The van der Waals surface area contributed by atoms with Gasteiger partial charge in [0.2, 0.25) is 0 Å². The molecule has 0 saturated carbocycles. The van der Waals surface area contributed by atoms with E-state index in [9.17, 15) is 13.2 Å². The average molecular weight is 424 g/mol. The zero-order chi connectivity index (χ0) is 21.7. The Bertz CT molecular complexity index is 1090. The molecule has 0 N–H and O–H groups in total. The van der Waals surface area contributed by atoms with Crippen molar-refractivity contribution in [2.45, 2.75) is 31.9 Å². The van der Waals surface area contributed by atoms with Crippen molar-refractivity contribution in [1.29, 1.82) is 0 Å². The van der Waals surface area contributed by atoms with Gasteiger partial charge in [-0.15, -0.1) is 0 Å². The van der Waals surface area contributed by atoms with Crippen LogP contribution in [0.15, 0.2) is 77.5 Å². The molecule has 158 valence electrons. The van der Waals surface area contributed by atoms with Gasteiger partial charge in [-0.05, 0) is 60.7 Å². The van der Waals surface area contributed by atoms with Gasteiger partial charge in [-0.25, -0.2) is 9.97 Å². The van der Waals surface area contributed by atoms with Crippen LogP contribution in [-0.2, 0) is 12.6 Å². The van der Waals surface area contributed by atoms with E-state index >= 15 is 0 Å². The van der Waals surface area contributed by atoms with Crippen LogP contribution in [-0.4, -0.2) is 21.4 Å². The van der Waals surface area contributed by atoms with Crippen LogP contribution in [0.3, 0.4) is 0 Å². The van der Waals surface area contributed by atoms with Gasteiger partial charge in [0, 0.05) is 12.1 Å². The summed E-state index contributed by atoms with van der Waals surface area (Å²) in [6, 6.07) is 13.0. The van der Waals surface area contributed by atoms with Crippen LogP contribution in [0.25, 0.3) is 0 Å². The molecule has 0 saturated heterocycles. The van der Waals surface area contributed by atoms with E-state index in [0.29, 0.717) is 36.3 Å². The molecule has 0 atom stereocenters. The number of rotatable bonds is 7. The molecule has 2 aromatic carbocycles. The van der Waals surface area contributed by atoms with Crippen molar-refractivity contribution in [2.75, 3.05) is 0 Å². The lowest BCUT2D eigenvalue weighted by atomic mass is 10.00. The molecule has 0 spiro atoms. The van der Waals surface area contributed by atoms with Crippen molar-refractivity contribution >= 4 is 11.4 Å². The maximum atomic E-state index is 12.8. The molecule has 3 aromatic rings. The lowest BCUT2D eigenvalue weighted by molar-refractivity contribution is -0.137. The molecule has 0 aliphatic carbocycles. The number of alkyl halides is 3. The molecule has 0 amide bonds. The lowest BCUT2D eigenvalue weighted by Gasteiger charge is -2.08. The largest absolute Gasteiger partial charge is 0.454 e. The summed E-state index contributed by atoms with van der Waals surface area (Å²) in [5.74, 6) is 1.22. The normalized spacial score (nSPS) is 13.6. The summed E-state index contributed by atoms with van der Waals surface area (Å²) in [4.78, 5) is 7.82. The SMILES string of the molecule is FC(F)(F)c1cccc(CCCC2=NN=C(c3ccc(Oc4cncnc4)cc3)C2)c1. The van der Waals surface area contributed by atoms with Crippen LogP contribution in [0.2, 0.25) is 0 Å². The van der Waals surface area contributed by atoms with E-state index in [1.807, 2.05) is 24.3 Å². The first-order chi connectivity index (χ1) is 15.0. The Labute approximate surface area is 177 Å². The number of benzene rings is 2. The minimum absolute atomic E-state index is 0.555. The summed E-state index contributed by atoms with van der Waals surface area (Å²) >= 11 is 0. The van der Waals surface area contributed by atoms with Crippen LogP contribution < -0.4 is 4.74 Å². The molecular formula is C23H19F3N4O. The zero-order valence-electron chi connectivity index (χ0n) is 16.5. The van der Waals surface area contributed by atoms with Crippen LogP contribution in [0.4, 0.5) is 13.2 Å². The molecule has 0 bridgehead atoms. The predicted molar refractivity (Wildman–Crippen MR) is 112 cm³/mol. The highest BCUT2D eigenvalue weighted by molar-refractivity contribution is 6.15. The van der Waals surface area contributed by atoms with Crippen LogP contribution in [0, 0.1) is 0 Å². The summed E-state index contributed by atoms with van der Waals surface area (Å²) in [6.45, 7) is 0. The Kier molecular flexibility index (Phi) is 6.06. The molecular weight excluding hydrogens is 405 g/mol. The van der Waals surface area contributed by atoms with Gasteiger partial charge in [0.25, 0.3) is 0 Å². The van der Waals surface area contributed by atoms with Gasteiger partial charge in [-0.3, -0.25) is 0 Å². The van der Waals surface area contributed by atoms with Crippen LogP contribution in [0.1, 0.15) is 36.0 Å². The number of aryl methyl sites for hydroxylation is 1. The minimum atomic E-state index is -4.32.